The van der Waals surface area contributed by atoms with Gasteiger partial charge in [0.1, 0.15) is 23.9 Å². The lowest BCUT2D eigenvalue weighted by molar-refractivity contribution is -0.0175. The molecule has 0 radical (unpaired) electrons. The first kappa shape index (κ1) is 20.9. The van der Waals surface area contributed by atoms with Gasteiger partial charge >= 0.3 is 0 Å². The van der Waals surface area contributed by atoms with E-state index >= 15 is 0 Å². The Bertz CT molecular complexity index is 1360. The highest BCUT2D eigenvalue weighted by Crippen LogP contribution is 2.41. The van der Waals surface area contributed by atoms with Crippen LogP contribution in [0.25, 0.3) is 6.08 Å². The van der Waals surface area contributed by atoms with E-state index in [9.17, 15) is 4.79 Å². The Kier molecular flexibility index (Phi) is 5.08. The third-order valence-electron chi connectivity index (χ3n) is 5.87. The number of benzene rings is 3. The molecule has 0 N–H and O–H groups in total. The van der Waals surface area contributed by atoms with E-state index in [1.807, 2.05) is 37.3 Å². The van der Waals surface area contributed by atoms with Gasteiger partial charge in [0, 0.05) is 21.7 Å². The number of ether oxygens (including phenoxy) is 6. The van der Waals surface area contributed by atoms with Crippen LogP contribution in [0.5, 0.6) is 28.7 Å². The zero-order valence-electron chi connectivity index (χ0n) is 18.2. The monoisotopic (exact) mass is 478 g/mol. The van der Waals surface area contributed by atoms with Gasteiger partial charge in [0.2, 0.25) is 12.6 Å². The molecular weight excluding hydrogens is 460 g/mol. The average molecular weight is 479 g/mol. The van der Waals surface area contributed by atoms with Crippen LogP contribution in [0, 0.1) is 6.92 Å². The van der Waals surface area contributed by atoms with Crippen LogP contribution in [-0.4, -0.2) is 19.4 Å². The lowest BCUT2D eigenvalue weighted by Gasteiger charge is -2.21. The number of halogens is 1. The SMILES string of the molecule is Cc1c(OCc2cc(Cl)cc3c2OCOC3)ccc2c1O/C(=C\c1ccc3c(c1)OCO3)C2=O. The lowest BCUT2D eigenvalue weighted by atomic mass is 10.1. The van der Waals surface area contributed by atoms with Crippen molar-refractivity contribution in [2.24, 2.45) is 0 Å². The number of allylic oxidation sites excluding steroid dienone is 1. The van der Waals surface area contributed by atoms with Crippen LogP contribution in [0.1, 0.15) is 32.6 Å². The highest BCUT2D eigenvalue weighted by molar-refractivity contribution is 6.30. The first-order chi connectivity index (χ1) is 16.6. The van der Waals surface area contributed by atoms with Gasteiger partial charge in [-0.2, -0.15) is 0 Å². The van der Waals surface area contributed by atoms with E-state index in [4.69, 9.17) is 40.0 Å². The highest BCUT2D eigenvalue weighted by atomic mass is 35.5. The van der Waals surface area contributed by atoms with Crippen molar-refractivity contribution < 1.29 is 33.2 Å². The summed E-state index contributed by atoms with van der Waals surface area (Å²) >= 11 is 6.26. The molecule has 3 aliphatic rings. The van der Waals surface area contributed by atoms with Crippen molar-refractivity contribution in [2.75, 3.05) is 13.6 Å². The van der Waals surface area contributed by atoms with Crippen LogP contribution in [0.2, 0.25) is 5.02 Å². The summed E-state index contributed by atoms with van der Waals surface area (Å²) in [6.45, 7) is 2.93. The molecule has 0 bridgehead atoms. The van der Waals surface area contributed by atoms with Crippen molar-refractivity contribution >= 4 is 23.5 Å². The quantitative estimate of drug-likeness (QED) is 0.462. The van der Waals surface area contributed by atoms with Gasteiger partial charge in [-0.3, -0.25) is 4.79 Å². The second-order valence-corrected chi connectivity index (χ2v) is 8.51. The second kappa shape index (κ2) is 8.27. The fourth-order valence-corrected chi connectivity index (χ4v) is 4.46. The maximum Gasteiger partial charge on any atom is 0.231 e. The summed E-state index contributed by atoms with van der Waals surface area (Å²) in [4.78, 5) is 12.9. The minimum absolute atomic E-state index is 0.181. The number of hydrogen-bond acceptors (Lipinski definition) is 7. The molecule has 0 unspecified atom stereocenters. The Morgan fingerprint density at radius 2 is 1.88 bits per heavy atom. The number of fused-ring (bicyclic) bond motifs is 3. The Hall–Kier alpha value is -3.68. The Balaban J connectivity index is 1.24. The molecule has 3 aromatic carbocycles. The number of carbonyl (C=O) groups excluding carboxylic acids is 1. The minimum Gasteiger partial charge on any atom is -0.488 e. The molecule has 7 nitrogen and oxygen atoms in total. The van der Waals surface area contributed by atoms with E-state index in [2.05, 4.69) is 0 Å². The summed E-state index contributed by atoms with van der Waals surface area (Å²) in [7, 11) is 0. The molecule has 34 heavy (non-hydrogen) atoms. The largest absolute Gasteiger partial charge is 0.488 e. The van der Waals surface area contributed by atoms with Crippen LogP contribution < -0.4 is 23.7 Å². The molecular formula is C26H19ClO7. The van der Waals surface area contributed by atoms with Crippen LogP contribution in [0.15, 0.2) is 48.2 Å². The van der Waals surface area contributed by atoms with Crippen LogP contribution in [0.3, 0.4) is 0 Å². The first-order valence-corrected chi connectivity index (χ1v) is 11.1. The molecule has 0 atom stereocenters. The number of rotatable bonds is 4. The summed E-state index contributed by atoms with van der Waals surface area (Å²) in [5.74, 6) is 3.22. The molecule has 3 heterocycles. The fraction of sp³-hybridized carbons (Fsp3) is 0.192. The summed E-state index contributed by atoms with van der Waals surface area (Å²) in [6.07, 6.45) is 1.70. The van der Waals surface area contributed by atoms with Crippen molar-refractivity contribution in [3.8, 4) is 28.7 Å². The van der Waals surface area contributed by atoms with Crippen molar-refractivity contribution in [3.05, 3.63) is 81.1 Å². The zero-order chi connectivity index (χ0) is 23.2. The molecule has 0 aromatic heterocycles. The third-order valence-corrected chi connectivity index (χ3v) is 6.08. The van der Waals surface area contributed by atoms with Crippen LogP contribution >= 0.6 is 11.6 Å². The second-order valence-electron chi connectivity index (χ2n) is 8.07. The summed E-state index contributed by atoms with van der Waals surface area (Å²) in [5.41, 5.74) is 3.73. The molecule has 0 spiro atoms. The minimum atomic E-state index is -0.181. The van der Waals surface area contributed by atoms with Crippen molar-refractivity contribution in [1.29, 1.82) is 0 Å². The van der Waals surface area contributed by atoms with Crippen molar-refractivity contribution in [2.45, 2.75) is 20.1 Å². The topological polar surface area (TPSA) is 72.5 Å². The normalized spacial score (nSPS) is 16.6. The van der Waals surface area contributed by atoms with E-state index < -0.39 is 0 Å². The van der Waals surface area contributed by atoms with Gasteiger partial charge in [0.15, 0.2) is 24.1 Å². The number of carbonyl (C=O) groups is 1. The average Bonchev–Trinajstić information content (AvgIpc) is 3.43. The molecule has 0 saturated carbocycles. The lowest BCUT2D eigenvalue weighted by Crippen LogP contribution is -2.14. The van der Waals surface area contributed by atoms with Gasteiger partial charge in [0.05, 0.1) is 12.2 Å². The predicted octanol–water partition coefficient (Wildman–Crippen LogP) is 5.44. The predicted molar refractivity (Wildman–Crippen MR) is 123 cm³/mol. The van der Waals surface area contributed by atoms with Crippen LogP contribution in [-0.2, 0) is 18.0 Å². The number of Topliss-reactive ketones (excluding diaryl/α,β-unsaturated/α-hetero) is 1. The maximum atomic E-state index is 12.9. The van der Waals surface area contributed by atoms with Crippen molar-refractivity contribution in [3.63, 3.8) is 0 Å². The molecule has 0 amide bonds. The highest BCUT2D eigenvalue weighted by Gasteiger charge is 2.30. The van der Waals surface area contributed by atoms with Gasteiger partial charge in [-0.1, -0.05) is 17.7 Å². The van der Waals surface area contributed by atoms with E-state index in [0.29, 0.717) is 40.2 Å². The molecule has 8 heteroatoms. The van der Waals surface area contributed by atoms with Gasteiger partial charge < -0.3 is 28.4 Å². The van der Waals surface area contributed by atoms with Gasteiger partial charge in [-0.25, -0.2) is 0 Å². The van der Waals surface area contributed by atoms with Gasteiger partial charge in [-0.15, -0.1) is 0 Å². The Morgan fingerprint density at radius 3 is 2.79 bits per heavy atom. The molecule has 172 valence electrons. The maximum absolute atomic E-state index is 12.9. The fourth-order valence-electron chi connectivity index (χ4n) is 4.20. The Labute approximate surface area is 200 Å². The summed E-state index contributed by atoms with van der Waals surface area (Å²) in [6, 6.07) is 12.6. The smallest absolute Gasteiger partial charge is 0.231 e. The Morgan fingerprint density at radius 1 is 1.00 bits per heavy atom. The van der Waals surface area contributed by atoms with E-state index in [0.717, 1.165) is 28.0 Å². The van der Waals surface area contributed by atoms with Gasteiger partial charge in [-0.05, 0) is 55.0 Å². The first-order valence-electron chi connectivity index (χ1n) is 10.7. The summed E-state index contributed by atoms with van der Waals surface area (Å²) < 4.78 is 33.8. The molecule has 0 fully saturated rings. The molecule has 3 aromatic rings. The van der Waals surface area contributed by atoms with Crippen molar-refractivity contribution in [1.82, 2.24) is 0 Å². The van der Waals surface area contributed by atoms with E-state index in [-0.39, 0.29) is 31.7 Å². The zero-order valence-corrected chi connectivity index (χ0v) is 18.9. The third kappa shape index (κ3) is 3.63. The molecule has 0 aliphatic carbocycles. The standard InChI is InChI=1S/C26H19ClO7/c1-14-20(30-11-17-9-18(27)8-16-10-29-12-33-26(16)17)5-3-19-24(28)23(34-25(14)19)7-15-2-4-21-22(6-15)32-13-31-21/h2-9H,10-13H2,1H3/b23-7-. The van der Waals surface area contributed by atoms with Crippen LogP contribution in [0.4, 0.5) is 0 Å². The molecule has 0 saturated heterocycles. The van der Waals surface area contributed by atoms with Gasteiger partial charge in [0.25, 0.3) is 0 Å². The van der Waals surface area contributed by atoms with E-state index in [1.165, 1.54) is 0 Å². The molecule has 3 aliphatic heterocycles. The number of hydrogen-bond donors (Lipinski definition) is 0. The number of ketones is 1. The summed E-state index contributed by atoms with van der Waals surface area (Å²) in [5, 5.41) is 0.587. The molecule has 6 rings (SSSR count). The van der Waals surface area contributed by atoms with E-state index in [1.54, 1.807) is 18.2 Å².